The van der Waals surface area contributed by atoms with E-state index in [1.807, 2.05) is 19.1 Å². The van der Waals surface area contributed by atoms with Crippen LogP contribution in [0.25, 0.3) is 0 Å². The lowest BCUT2D eigenvalue weighted by Crippen LogP contribution is -2.39. The molecule has 1 aromatic rings. The average Bonchev–Trinajstić information content (AvgIpc) is 2.78. The van der Waals surface area contributed by atoms with Crippen LogP contribution in [0, 0.1) is 6.92 Å². The summed E-state index contributed by atoms with van der Waals surface area (Å²) in [7, 11) is 3.19. The van der Waals surface area contributed by atoms with Gasteiger partial charge in [-0.15, -0.1) is 0 Å². The van der Waals surface area contributed by atoms with Crippen molar-refractivity contribution in [1.29, 1.82) is 0 Å². The Morgan fingerprint density at radius 2 is 1.90 bits per heavy atom. The highest BCUT2D eigenvalue weighted by molar-refractivity contribution is 5.95. The third-order valence-electron chi connectivity index (χ3n) is 3.87. The maximum Gasteiger partial charge on any atom is 0.241 e. The lowest BCUT2D eigenvalue weighted by Gasteiger charge is -2.18. The van der Waals surface area contributed by atoms with E-state index < -0.39 is 0 Å². The number of hydrogen-bond acceptors (Lipinski definition) is 4. The smallest absolute Gasteiger partial charge is 0.241 e. The molecule has 0 saturated carbocycles. The summed E-state index contributed by atoms with van der Waals surface area (Å²) >= 11 is 0. The molecule has 1 amide bonds. The third-order valence-corrected chi connectivity index (χ3v) is 3.87. The van der Waals surface area contributed by atoms with Crippen LogP contribution in [0.5, 0.6) is 11.5 Å². The van der Waals surface area contributed by atoms with Gasteiger partial charge in [0.15, 0.2) is 11.5 Å². The molecule has 1 aliphatic rings. The van der Waals surface area contributed by atoms with Gasteiger partial charge in [0, 0.05) is 11.8 Å². The summed E-state index contributed by atoms with van der Waals surface area (Å²) in [5, 5.41) is 6.30. The third kappa shape index (κ3) is 3.88. The van der Waals surface area contributed by atoms with Crippen molar-refractivity contribution in [2.75, 3.05) is 26.1 Å². The lowest BCUT2D eigenvalue weighted by atomic mass is 10.1. The van der Waals surface area contributed by atoms with E-state index in [9.17, 15) is 4.79 Å². The molecule has 0 bridgehead atoms. The molecule has 0 radical (unpaired) electrons. The fourth-order valence-corrected chi connectivity index (χ4v) is 2.59. The van der Waals surface area contributed by atoms with Crippen LogP contribution >= 0.6 is 0 Å². The SMILES string of the molecule is COc1cc(C)c(NC(=O)C2CCCCCN2)cc1OC. The van der Waals surface area contributed by atoms with Gasteiger partial charge in [0.2, 0.25) is 5.91 Å². The molecular formula is C16H24N2O3. The summed E-state index contributed by atoms with van der Waals surface area (Å²) in [6.07, 6.45) is 4.31. The lowest BCUT2D eigenvalue weighted by molar-refractivity contribution is -0.118. The highest BCUT2D eigenvalue weighted by Gasteiger charge is 2.20. The molecule has 2 rings (SSSR count). The molecule has 0 aromatic heterocycles. The molecule has 0 spiro atoms. The van der Waals surface area contributed by atoms with Gasteiger partial charge < -0.3 is 20.1 Å². The number of benzene rings is 1. The minimum absolute atomic E-state index is 0.0206. The average molecular weight is 292 g/mol. The maximum absolute atomic E-state index is 12.4. The number of methoxy groups -OCH3 is 2. The maximum atomic E-state index is 12.4. The van der Waals surface area contributed by atoms with Gasteiger partial charge in [-0.3, -0.25) is 4.79 Å². The Labute approximate surface area is 126 Å². The number of ether oxygens (including phenoxy) is 2. The van der Waals surface area contributed by atoms with E-state index in [0.717, 1.165) is 37.1 Å². The highest BCUT2D eigenvalue weighted by atomic mass is 16.5. The molecule has 1 aliphatic heterocycles. The van der Waals surface area contributed by atoms with Crippen molar-refractivity contribution in [1.82, 2.24) is 5.32 Å². The Hall–Kier alpha value is -1.75. The molecule has 1 aromatic carbocycles. The minimum Gasteiger partial charge on any atom is -0.493 e. The predicted molar refractivity (Wildman–Crippen MR) is 83.2 cm³/mol. The molecule has 1 heterocycles. The van der Waals surface area contributed by atoms with Gasteiger partial charge in [-0.2, -0.15) is 0 Å². The van der Waals surface area contributed by atoms with Crippen LogP contribution in [-0.4, -0.2) is 32.7 Å². The zero-order valence-electron chi connectivity index (χ0n) is 13.0. The number of carbonyl (C=O) groups is 1. The molecule has 1 atom stereocenters. The Bertz CT molecular complexity index is 495. The number of aryl methyl sites for hydroxylation is 1. The second-order valence-corrected chi connectivity index (χ2v) is 5.37. The standard InChI is InChI=1S/C16H24N2O3/c1-11-9-14(20-2)15(21-3)10-13(11)18-16(19)12-7-5-4-6-8-17-12/h9-10,12,17H,4-8H2,1-3H3,(H,18,19). The number of hydrogen-bond donors (Lipinski definition) is 2. The first-order chi connectivity index (χ1) is 10.2. The van der Waals surface area contributed by atoms with Crippen molar-refractivity contribution in [3.05, 3.63) is 17.7 Å². The molecule has 1 fully saturated rings. The molecule has 116 valence electrons. The van der Waals surface area contributed by atoms with Gasteiger partial charge in [-0.1, -0.05) is 12.8 Å². The predicted octanol–water partition coefficient (Wildman–Crippen LogP) is 2.48. The van der Waals surface area contributed by atoms with Crippen LogP contribution in [0.15, 0.2) is 12.1 Å². The normalized spacial score (nSPS) is 18.7. The molecule has 1 saturated heterocycles. The van der Waals surface area contributed by atoms with Gasteiger partial charge in [0.1, 0.15) is 0 Å². The molecule has 5 heteroatoms. The van der Waals surface area contributed by atoms with Gasteiger partial charge >= 0.3 is 0 Å². The zero-order valence-corrected chi connectivity index (χ0v) is 13.0. The van der Waals surface area contributed by atoms with Crippen molar-refractivity contribution in [3.8, 4) is 11.5 Å². The largest absolute Gasteiger partial charge is 0.493 e. The van der Waals surface area contributed by atoms with Crippen molar-refractivity contribution in [3.63, 3.8) is 0 Å². The first kappa shape index (κ1) is 15.6. The number of nitrogens with one attached hydrogen (secondary N) is 2. The van der Waals surface area contributed by atoms with Gasteiger partial charge in [-0.05, 0) is 37.9 Å². The van der Waals surface area contributed by atoms with E-state index in [2.05, 4.69) is 10.6 Å². The van der Waals surface area contributed by atoms with E-state index in [0.29, 0.717) is 11.5 Å². The van der Waals surface area contributed by atoms with E-state index in [-0.39, 0.29) is 11.9 Å². The zero-order chi connectivity index (χ0) is 15.2. The Morgan fingerprint density at radius 3 is 2.62 bits per heavy atom. The first-order valence-electron chi connectivity index (χ1n) is 7.42. The van der Waals surface area contributed by atoms with Crippen molar-refractivity contribution < 1.29 is 14.3 Å². The number of anilines is 1. The molecule has 5 nitrogen and oxygen atoms in total. The van der Waals surface area contributed by atoms with Crippen molar-refractivity contribution >= 4 is 11.6 Å². The quantitative estimate of drug-likeness (QED) is 0.895. The van der Waals surface area contributed by atoms with Crippen LogP contribution in [-0.2, 0) is 4.79 Å². The Kier molecular flexibility index (Phi) is 5.44. The van der Waals surface area contributed by atoms with Gasteiger partial charge in [0.05, 0.1) is 20.3 Å². The summed E-state index contributed by atoms with van der Waals surface area (Å²) in [5.41, 5.74) is 1.72. The molecule has 0 aliphatic carbocycles. The summed E-state index contributed by atoms with van der Waals surface area (Å²) in [6.45, 7) is 2.85. The molecule has 1 unspecified atom stereocenters. The van der Waals surface area contributed by atoms with Crippen molar-refractivity contribution in [2.24, 2.45) is 0 Å². The first-order valence-corrected chi connectivity index (χ1v) is 7.42. The number of rotatable bonds is 4. The van der Waals surface area contributed by atoms with Gasteiger partial charge in [0.25, 0.3) is 0 Å². The van der Waals surface area contributed by atoms with E-state index in [1.165, 1.54) is 6.42 Å². The second-order valence-electron chi connectivity index (χ2n) is 5.37. The Balaban J connectivity index is 2.12. The van der Waals surface area contributed by atoms with Crippen LogP contribution < -0.4 is 20.1 Å². The Morgan fingerprint density at radius 1 is 1.19 bits per heavy atom. The van der Waals surface area contributed by atoms with Crippen LogP contribution in [0.4, 0.5) is 5.69 Å². The molecule has 21 heavy (non-hydrogen) atoms. The van der Waals surface area contributed by atoms with Crippen LogP contribution in [0.1, 0.15) is 31.2 Å². The van der Waals surface area contributed by atoms with Crippen LogP contribution in [0.3, 0.4) is 0 Å². The molecular weight excluding hydrogens is 268 g/mol. The van der Waals surface area contributed by atoms with Gasteiger partial charge in [-0.25, -0.2) is 0 Å². The van der Waals surface area contributed by atoms with Crippen molar-refractivity contribution in [2.45, 2.75) is 38.6 Å². The monoisotopic (exact) mass is 292 g/mol. The fourth-order valence-electron chi connectivity index (χ4n) is 2.59. The topological polar surface area (TPSA) is 59.6 Å². The summed E-state index contributed by atoms with van der Waals surface area (Å²) in [5.74, 6) is 1.31. The summed E-state index contributed by atoms with van der Waals surface area (Å²) in [4.78, 5) is 12.4. The highest BCUT2D eigenvalue weighted by Crippen LogP contribution is 2.33. The number of amides is 1. The molecule has 2 N–H and O–H groups in total. The van der Waals surface area contributed by atoms with E-state index in [1.54, 1.807) is 14.2 Å². The van der Waals surface area contributed by atoms with E-state index in [4.69, 9.17) is 9.47 Å². The minimum atomic E-state index is -0.111. The van der Waals surface area contributed by atoms with Crippen LogP contribution in [0.2, 0.25) is 0 Å². The fraction of sp³-hybridized carbons (Fsp3) is 0.562. The summed E-state index contributed by atoms with van der Waals surface area (Å²) in [6, 6.07) is 3.57. The number of carbonyl (C=O) groups excluding carboxylic acids is 1. The second kappa shape index (κ2) is 7.31. The summed E-state index contributed by atoms with van der Waals surface area (Å²) < 4.78 is 10.5. The van der Waals surface area contributed by atoms with E-state index >= 15 is 0 Å².